The predicted octanol–water partition coefficient (Wildman–Crippen LogP) is 2.56. The summed E-state index contributed by atoms with van der Waals surface area (Å²) >= 11 is 2.88. The van der Waals surface area contributed by atoms with Crippen LogP contribution in [-0.2, 0) is 17.6 Å². The second-order valence-electron chi connectivity index (χ2n) is 6.01. The van der Waals surface area contributed by atoms with Gasteiger partial charge in [0.1, 0.15) is 13.2 Å². The molecule has 2 aliphatic rings. The van der Waals surface area contributed by atoms with Crippen LogP contribution in [0.1, 0.15) is 26.5 Å². The lowest BCUT2D eigenvalue weighted by Gasteiger charge is -2.18. The molecule has 6 nitrogen and oxygen atoms in total. The van der Waals surface area contributed by atoms with E-state index in [1.807, 2.05) is 24.3 Å². The summed E-state index contributed by atoms with van der Waals surface area (Å²) in [6.45, 7) is 1.08. The molecular formula is C18H18N2O4S2. The van der Waals surface area contributed by atoms with Crippen LogP contribution in [0.5, 0.6) is 11.5 Å². The van der Waals surface area contributed by atoms with Crippen LogP contribution in [0.25, 0.3) is 0 Å². The fourth-order valence-corrected chi connectivity index (χ4v) is 4.80. The molecule has 2 amide bonds. The van der Waals surface area contributed by atoms with Crippen molar-refractivity contribution in [2.24, 2.45) is 0 Å². The third kappa shape index (κ3) is 3.81. The lowest BCUT2D eigenvalue weighted by atomic mass is 10.2. The highest BCUT2D eigenvalue weighted by Gasteiger charge is 2.19. The molecule has 1 aliphatic heterocycles. The van der Waals surface area contributed by atoms with Crippen LogP contribution < -0.4 is 20.3 Å². The van der Waals surface area contributed by atoms with Crippen molar-refractivity contribution in [1.29, 1.82) is 0 Å². The lowest BCUT2D eigenvalue weighted by molar-refractivity contribution is -0.119. The zero-order valence-electron chi connectivity index (χ0n) is 14.0. The Morgan fingerprint density at radius 1 is 1.08 bits per heavy atom. The molecule has 0 radical (unpaired) electrons. The summed E-state index contributed by atoms with van der Waals surface area (Å²) < 4.78 is 11.0. The van der Waals surface area contributed by atoms with Gasteiger partial charge >= 0.3 is 0 Å². The number of fused-ring (bicyclic) bond motifs is 2. The van der Waals surface area contributed by atoms with Crippen molar-refractivity contribution in [2.75, 3.05) is 19.0 Å². The highest BCUT2D eigenvalue weighted by molar-refractivity contribution is 8.00. The fraction of sp³-hybridized carbons (Fsp3) is 0.333. The van der Waals surface area contributed by atoms with E-state index in [4.69, 9.17) is 9.47 Å². The van der Waals surface area contributed by atoms with Crippen LogP contribution >= 0.6 is 23.1 Å². The van der Waals surface area contributed by atoms with Gasteiger partial charge in [0.15, 0.2) is 11.5 Å². The van der Waals surface area contributed by atoms with Gasteiger partial charge in [-0.3, -0.25) is 20.4 Å². The SMILES string of the molecule is O=C(CSc1ccc2c(c1)OCCO2)NNC(=O)c1cc2c(s1)CCC2. The van der Waals surface area contributed by atoms with E-state index in [-0.39, 0.29) is 17.6 Å². The van der Waals surface area contributed by atoms with Gasteiger partial charge in [-0.15, -0.1) is 23.1 Å². The van der Waals surface area contributed by atoms with Gasteiger partial charge in [0, 0.05) is 9.77 Å². The van der Waals surface area contributed by atoms with Crippen molar-refractivity contribution in [2.45, 2.75) is 24.2 Å². The first-order chi connectivity index (χ1) is 12.7. The van der Waals surface area contributed by atoms with Gasteiger partial charge in [-0.25, -0.2) is 0 Å². The highest BCUT2D eigenvalue weighted by atomic mass is 32.2. The first-order valence-electron chi connectivity index (χ1n) is 8.42. The second-order valence-corrected chi connectivity index (χ2v) is 8.19. The molecule has 26 heavy (non-hydrogen) atoms. The number of carbonyl (C=O) groups is 2. The zero-order chi connectivity index (χ0) is 17.9. The number of thioether (sulfide) groups is 1. The summed E-state index contributed by atoms with van der Waals surface area (Å²) in [5, 5.41) is 0. The minimum absolute atomic E-state index is 0.195. The molecule has 0 saturated heterocycles. The van der Waals surface area contributed by atoms with Crippen molar-refractivity contribution in [1.82, 2.24) is 10.9 Å². The molecule has 0 saturated carbocycles. The van der Waals surface area contributed by atoms with E-state index in [1.54, 1.807) is 0 Å². The standard InChI is InChI=1S/C18H18N2O4S2/c21-17(10-25-12-4-5-13-14(9-12)24-7-6-23-13)19-20-18(22)16-8-11-2-1-3-15(11)26-16/h4-5,8-9H,1-3,6-7,10H2,(H,19,21)(H,20,22). The molecule has 0 unspecified atom stereocenters. The highest BCUT2D eigenvalue weighted by Crippen LogP contribution is 2.34. The van der Waals surface area contributed by atoms with Gasteiger partial charge in [0.25, 0.3) is 5.91 Å². The molecule has 0 bridgehead atoms. The number of aryl methyl sites for hydroxylation is 2. The Hall–Kier alpha value is -2.19. The number of ether oxygens (including phenoxy) is 2. The Bertz CT molecular complexity index is 828. The molecular weight excluding hydrogens is 372 g/mol. The Balaban J connectivity index is 1.25. The Kier molecular flexibility index (Phi) is 5.03. The van der Waals surface area contributed by atoms with E-state index < -0.39 is 0 Å². The third-order valence-corrected chi connectivity index (χ3v) is 6.40. The number of hydrazine groups is 1. The molecule has 1 aromatic heterocycles. The van der Waals surface area contributed by atoms with E-state index in [1.165, 1.54) is 33.5 Å². The molecule has 4 rings (SSSR count). The first kappa shape index (κ1) is 17.2. The Morgan fingerprint density at radius 2 is 1.92 bits per heavy atom. The number of rotatable bonds is 4. The lowest BCUT2D eigenvalue weighted by Crippen LogP contribution is -2.42. The molecule has 0 atom stereocenters. The number of hydrogen-bond donors (Lipinski definition) is 2. The molecule has 2 heterocycles. The predicted molar refractivity (Wildman–Crippen MR) is 100 cm³/mol. The maximum atomic E-state index is 12.1. The van der Waals surface area contributed by atoms with Crippen LogP contribution in [-0.4, -0.2) is 30.8 Å². The van der Waals surface area contributed by atoms with Crippen molar-refractivity contribution in [3.63, 3.8) is 0 Å². The van der Waals surface area contributed by atoms with Gasteiger partial charge in [-0.1, -0.05) is 0 Å². The maximum absolute atomic E-state index is 12.1. The fourth-order valence-electron chi connectivity index (χ4n) is 2.93. The smallest absolute Gasteiger partial charge is 0.279 e. The van der Waals surface area contributed by atoms with E-state index in [2.05, 4.69) is 10.9 Å². The van der Waals surface area contributed by atoms with Gasteiger partial charge in [-0.2, -0.15) is 0 Å². The molecule has 136 valence electrons. The van der Waals surface area contributed by atoms with Gasteiger partial charge in [-0.05, 0) is 49.1 Å². The Morgan fingerprint density at radius 3 is 2.77 bits per heavy atom. The van der Waals surface area contributed by atoms with Crippen molar-refractivity contribution in [3.05, 3.63) is 39.6 Å². The van der Waals surface area contributed by atoms with Crippen LogP contribution in [0, 0.1) is 0 Å². The van der Waals surface area contributed by atoms with Crippen molar-refractivity contribution < 1.29 is 19.1 Å². The quantitative estimate of drug-likeness (QED) is 0.620. The van der Waals surface area contributed by atoms with Crippen LogP contribution in [0.15, 0.2) is 29.2 Å². The summed E-state index contributed by atoms with van der Waals surface area (Å²) in [7, 11) is 0. The molecule has 2 N–H and O–H groups in total. The molecule has 0 fully saturated rings. The topological polar surface area (TPSA) is 76.7 Å². The summed E-state index contributed by atoms with van der Waals surface area (Å²) in [4.78, 5) is 27.0. The number of thiophene rings is 1. The van der Waals surface area contributed by atoms with E-state index in [0.717, 1.165) is 29.9 Å². The number of benzene rings is 1. The minimum atomic E-state index is -0.262. The molecule has 2 aromatic rings. The van der Waals surface area contributed by atoms with Gasteiger partial charge in [0.05, 0.1) is 10.6 Å². The average molecular weight is 390 g/mol. The number of amides is 2. The maximum Gasteiger partial charge on any atom is 0.279 e. The summed E-state index contributed by atoms with van der Waals surface area (Å²) in [6, 6.07) is 7.51. The van der Waals surface area contributed by atoms with E-state index in [9.17, 15) is 9.59 Å². The minimum Gasteiger partial charge on any atom is -0.486 e. The largest absolute Gasteiger partial charge is 0.486 e. The summed E-state index contributed by atoms with van der Waals surface area (Å²) in [5.74, 6) is 1.09. The summed E-state index contributed by atoms with van der Waals surface area (Å²) in [6.07, 6.45) is 3.25. The van der Waals surface area contributed by atoms with Crippen LogP contribution in [0.4, 0.5) is 0 Å². The summed E-state index contributed by atoms with van der Waals surface area (Å²) in [5.41, 5.74) is 6.22. The van der Waals surface area contributed by atoms with E-state index in [0.29, 0.717) is 23.8 Å². The van der Waals surface area contributed by atoms with E-state index >= 15 is 0 Å². The monoisotopic (exact) mass is 390 g/mol. The molecule has 8 heteroatoms. The van der Waals surface area contributed by atoms with Crippen molar-refractivity contribution in [3.8, 4) is 11.5 Å². The number of hydrogen-bond acceptors (Lipinski definition) is 6. The normalized spacial score (nSPS) is 14.6. The first-order valence-corrected chi connectivity index (χ1v) is 10.2. The number of carbonyl (C=O) groups excluding carboxylic acids is 2. The van der Waals surface area contributed by atoms with Gasteiger partial charge in [0.2, 0.25) is 5.91 Å². The molecule has 1 aliphatic carbocycles. The zero-order valence-corrected chi connectivity index (χ0v) is 15.6. The third-order valence-electron chi connectivity index (χ3n) is 4.17. The van der Waals surface area contributed by atoms with Crippen LogP contribution in [0.3, 0.4) is 0 Å². The second kappa shape index (κ2) is 7.59. The van der Waals surface area contributed by atoms with Crippen LogP contribution in [0.2, 0.25) is 0 Å². The molecule has 1 aromatic carbocycles. The van der Waals surface area contributed by atoms with Crippen molar-refractivity contribution >= 4 is 34.9 Å². The average Bonchev–Trinajstić information content (AvgIpc) is 3.26. The Labute approximate surface area is 159 Å². The number of nitrogens with one attached hydrogen (secondary N) is 2. The molecule has 0 spiro atoms. The van der Waals surface area contributed by atoms with Gasteiger partial charge < -0.3 is 9.47 Å².